The van der Waals surface area contributed by atoms with Crippen LogP contribution in [0.2, 0.25) is 5.02 Å². The number of ether oxygens (including phenoxy) is 1. The second kappa shape index (κ2) is 6.54. The monoisotopic (exact) mass is 383 g/mol. The predicted molar refractivity (Wildman–Crippen MR) is 114 cm³/mol. The summed E-state index contributed by atoms with van der Waals surface area (Å²) in [5.74, 6) is 0. The molecule has 0 bridgehead atoms. The fourth-order valence-electron chi connectivity index (χ4n) is 4.22. The van der Waals surface area contributed by atoms with Crippen molar-refractivity contribution in [2.75, 3.05) is 37.0 Å². The lowest BCUT2D eigenvalue weighted by Crippen LogP contribution is -2.62. The summed E-state index contributed by atoms with van der Waals surface area (Å²) < 4.78 is 6.44. The molecule has 5 heteroatoms. The zero-order valence-electron chi connectivity index (χ0n) is 16.4. The maximum atomic E-state index is 6.44. The largest absolute Gasteiger partial charge is 0.378 e. The van der Waals surface area contributed by atoms with Gasteiger partial charge in [-0.15, -0.1) is 0 Å². The van der Waals surface area contributed by atoms with Gasteiger partial charge in [0.1, 0.15) is 0 Å². The van der Waals surface area contributed by atoms with Crippen LogP contribution in [0.15, 0.2) is 47.5 Å². The molecule has 0 radical (unpaired) electrons. The standard InChI is InChI=1S/C22H26ClN3O/c1-21(2)19-14-16(23)6-11-20(19)26-12-5-13-27-22(21,26)15-24-17-7-9-18(10-8-17)25(3)4/h6-11,14-15H,5,12-13H2,1-4H3. The van der Waals surface area contributed by atoms with Crippen molar-refractivity contribution in [1.82, 2.24) is 0 Å². The second-order valence-corrected chi connectivity index (χ2v) is 8.44. The van der Waals surface area contributed by atoms with Crippen LogP contribution in [0.25, 0.3) is 0 Å². The lowest BCUT2D eigenvalue weighted by molar-refractivity contribution is -0.0499. The molecule has 1 unspecified atom stereocenters. The Hall–Kier alpha value is -2.04. The number of hydrogen-bond donors (Lipinski definition) is 0. The fraction of sp³-hybridized carbons (Fsp3) is 0.409. The molecule has 27 heavy (non-hydrogen) atoms. The van der Waals surface area contributed by atoms with Gasteiger partial charge >= 0.3 is 0 Å². The minimum absolute atomic E-state index is 0.263. The van der Waals surface area contributed by atoms with Crippen LogP contribution >= 0.6 is 11.6 Å². The van der Waals surface area contributed by atoms with E-state index in [1.807, 2.05) is 38.5 Å². The molecule has 2 heterocycles. The summed E-state index contributed by atoms with van der Waals surface area (Å²) in [5.41, 5.74) is 3.63. The first-order valence-corrected chi connectivity index (χ1v) is 9.77. The third-order valence-corrected chi connectivity index (χ3v) is 6.06. The van der Waals surface area contributed by atoms with Gasteiger partial charge in [-0.1, -0.05) is 25.4 Å². The Bertz CT molecular complexity index is 876. The Morgan fingerprint density at radius 2 is 1.89 bits per heavy atom. The molecule has 142 valence electrons. The van der Waals surface area contributed by atoms with Gasteiger partial charge in [-0.25, -0.2) is 0 Å². The van der Waals surface area contributed by atoms with Gasteiger partial charge in [0.05, 0.1) is 18.5 Å². The van der Waals surface area contributed by atoms with Gasteiger partial charge in [-0.3, -0.25) is 4.99 Å². The second-order valence-electron chi connectivity index (χ2n) is 8.01. The summed E-state index contributed by atoms with van der Waals surface area (Å²) in [6.45, 7) is 6.11. The molecular weight excluding hydrogens is 358 g/mol. The molecule has 4 rings (SSSR count). The number of halogens is 1. The summed E-state index contributed by atoms with van der Waals surface area (Å²) in [7, 11) is 4.07. The Balaban J connectivity index is 1.75. The smallest absolute Gasteiger partial charge is 0.186 e. The normalized spacial score (nSPS) is 23.4. The van der Waals surface area contributed by atoms with Gasteiger partial charge in [0.15, 0.2) is 5.72 Å². The van der Waals surface area contributed by atoms with E-state index < -0.39 is 5.72 Å². The SMILES string of the molecule is CN(C)c1ccc(N=CC23OCCCN2c2ccc(Cl)cc2C3(C)C)cc1. The highest BCUT2D eigenvalue weighted by atomic mass is 35.5. The zero-order chi connectivity index (χ0) is 19.2. The van der Waals surface area contributed by atoms with E-state index in [-0.39, 0.29) is 5.41 Å². The summed E-state index contributed by atoms with van der Waals surface area (Å²) in [5, 5.41) is 0.757. The van der Waals surface area contributed by atoms with Crippen molar-refractivity contribution in [3.63, 3.8) is 0 Å². The molecule has 2 aromatic carbocycles. The van der Waals surface area contributed by atoms with Gasteiger partial charge in [-0.05, 0) is 54.4 Å². The summed E-state index contributed by atoms with van der Waals surface area (Å²) in [4.78, 5) is 9.25. The average molecular weight is 384 g/mol. The molecule has 2 aromatic rings. The zero-order valence-corrected chi connectivity index (χ0v) is 17.1. The van der Waals surface area contributed by atoms with Crippen molar-refractivity contribution < 1.29 is 4.74 Å². The van der Waals surface area contributed by atoms with E-state index in [0.717, 1.165) is 36.0 Å². The minimum atomic E-state index is -0.599. The Morgan fingerprint density at radius 3 is 2.59 bits per heavy atom. The highest BCUT2D eigenvalue weighted by Gasteiger charge is 2.58. The van der Waals surface area contributed by atoms with Crippen molar-refractivity contribution in [3.8, 4) is 0 Å². The fourth-order valence-corrected chi connectivity index (χ4v) is 4.39. The van der Waals surface area contributed by atoms with Crippen LogP contribution in [0.1, 0.15) is 25.8 Å². The quantitative estimate of drug-likeness (QED) is 0.696. The van der Waals surface area contributed by atoms with E-state index >= 15 is 0 Å². The van der Waals surface area contributed by atoms with Crippen LogP contribution in [0.4, 0.5) is 17.1 Å². The molecule has 0 amide bonds. The maximum Gasteiger partial charge on any atom is 0.186 e. The van der Waals surface area contributed by atoms with E-state index in [1.165, 1.54) is 11.3 Å². The maximum absolute atomic E-state index is 6.44. The number of nitrogens with zero attached hydrogens (tertiary/aromatic N) is 3. The lowest BCUT2D eigenvalue weighted by atomic mass is 9.77. The Kier molecular flexibility index (Phi) is 4.44. The van der Waals surface area contributed by atoms with Crippen molar-refractivity contribution in [2.24, 2.45) is 4.99 Å². The van der Waals surface area contributed by atoms with Crippen molar-refractivity contribution >= 4 is 34.9 Å². The van der Waals surface area contributed by atoms with E-state index in [4.69, 9.17) is 21.3 Å². The van der Waals surface area contributed by atoms with Gasteiger partial charge < -0.3 is 14.5 Å². The molecule has 1 saturated heterocycles. The summed E-state index contributed by atoms with van der Waals surface area (Å²) in [6, 6.07) is 14.4. The van der Waals surface area contributed by atoms with E-state index in [1.54, 1.807) is 0 Å². The summed E-state index contributed by atoms with van der Waals surface area (Å²) >= 11 is 6.31. The van der Waals surface area contributed by atoms with Gasteiger partial charge in [-0.2, -0.15) is 0 Å². The van der Waals surface area contributed by atoms with Gasteiger partial charge in [0, 0.05) is 42.5 Å². The first-order chi connectivity index (χ1) is 12.8. The topological polar surface area (TPSA) is 28.1 Å². The van der Waals surface area contributed by atoms with Crippen molar-refractivity contribution in [3.05, 3.63) is 53.1 Å². The number of anilines is 2. The van der Waals surface area contributed by atoms with Crippen LogP contribution in [-0.4, -0.2) is 39.2 Å². The van der Waals surface area contributed by atoms with Crippen LogP contribution in [0.5, 0.6) is 0 Å². The molecule has 0 spiro atoms. The Morgan fingerprint density at radius 1 is 1.15 bits per heavy atom. The Labute approximate surface area is 166 Å². The average Bonchev–Trinajstić information content (AvgIpc) is 2.85. The van der Waals surface area contributed by atoms with Crippen LogP contribution in [-0.2, 0) is 10.2 Å². The van der Waals surface area contributed by atoms with E-state index in [9.17, 15) is 0 Å². The molecule has 2 aliphatic heterocycles. The molecule has 0 N–H and O–H groups in total. The highest BCUT2D eigenvalue weighted by molar-refractivity contribution is 6.30. The number of fused-ring (bicyclic) bond motifs is 3. The first-order valence-electron chi connectivity index (χ1n) is 9.39. The molecular formula is C22H26ClN3O. The summed E-state index contributed by atoms with van der Waals surface area (Å²) in [6.07, 6.45) is 3.00. The lowest BCUT2D eigenvalue weighted by Gasteiger charge is -2.47. The molecule has 0 aliphatic carbocycles. The predicted octanol–water partition coefficient (Wildman–Crippen LogP) is 5.02. The van der Waals surface area contributed by atoms with E-state index in [2.05, 4.69) is 47.9 Å². The molecule has 1 atom stereocenters. The third kappa shape index (κ3) is 2.82. The molecule has 0 aromatic heterocycles. The third-order valence-electron chi connectivity index (χ3n) is 5.82. The molecule has 0 saturated carbocycles. The van der Waals surface area contributed by atoms with Crippen LogP contribution in [0, 0.1) is 0 Å². The van der Waals surface area contributed by atoms with Crippen molar-refractivity contribution in [2.45, 2.75) is 31.4 Å². The number of benzene rings is 2. The van der Waals surface area contributed by atoms with Gasteiger partial charge in [0.2, 0.25) is 0 Å². The van der Waals surface area contributed by atoms with Crippen LogP contribution in [0.3, 0.4) is 0 Å². The van der Waals surface area contributed by atoms with Crippen molar-refractivity contribution in [1.29, 1.82) is 0 Å². The van der Waals surface area contributed by atoms with Crippen LogP contribution < -0.4 is 9.80 Å². The van der Waals surface area contributed by atoms with Gasteiger partial charge in [0.25, 0.3) is 0 Å². The first kappa shape index (κ1) is 18.3. The molecule has 2 aliphatic rings. The molecule has 1 fully saturated rings. The number of aliphatic imine (C=N–C) groups is 1. The van der Waals surface area contributed by atoms with E-state index in [0.29, 0.717) is 0 Å². The minimum Gasteiger partial charge on any atom is -0.378 e. The number of rotatable bonds is 3. The highest BCUT2D eigenvalue weighted by Crippen LogP contribution is 2.53. The molecule has 4 nitrogen and oxygen atoms in total. The number of hydrogen-bond acceptors (Lipinski definition) is 4.